The maximum absolute atomic E-state index is 12.4. The molecule has 1 atom stereocenters. The Labute approximate surface area is 325 Å². The van der Waals surface area contributed by atoms with E-state index in [4.69, 9.17) is 19.3 Å². The van der Waals surface area contributed by atoms with Crippen LogP contribution in [0.15, 0.2) is 36.5 Å². The molecule has 0 radical (unpaired) electrons. The highest BCUT2D eigenvalue weighted by Gasteiger charge is 2.22. The lowest BCUT2D eigenvalue weighted by Crippen LogP contribution is -2.29. The molecule has 0 aliphatic carbocycles. The van der Waals surface area contributed by atoms with Crippen LogP contribution in [0.3, 0.4) is 0 Å². The molecule has 0 rings (SSSR count). The largest absolute Gasteiger partial charge is 0.469 e. The van der Waals surface area contributed by atoms with E-state index in [0.717, 1.165) is 57.8 Å². The maximum Gasteiger partial charge on any atom is 0.469 e. The van der Waals surface area contributed by atoms with Crippen molar-refractivity contribution >= 4 is 19.8 Å². The molecule has 0 aliphatic heterocycles. The molecule has 0 saturated heterocycles. The Morgan fingerprint density at radius 3 is 1.30 bits per heavy atom. The van der Waals surface area contributed by atoms with Crippen molar-refractivity contribution in [2.75, 3.05) is 13.2 Å². The highest BCUT2D eigenvalue weighted by molar-refractivity contribution is 7.46. The van der Waals surface area contributed by atoms with Crippen LogP contribution in [0.5, 0.6) is 0 Å². The van der Waals surface area contributed by atoms with Crippen molar-refractivity contribution in [1.29, 1.82) is 0 Å². The molecular weight excluding hydrogens is 687 g/mol. The third-order valence-corrected chi connectivity index (χ3v) is 9.87. The molecule has 0 fully saturated rings. The second-order valence-corrected chi connectivity index (χ2v) is 15.9. The minimum atomic E-state index is -4.75. The molecule has 0 bridgehead atoms. The fourth-order valence-corrected chi connectivity index (χ4v) is 6.46. The summed E-state index contributed by atoms with van der Waals surface area (Å²) in [5.74, 6) is -0.894. The summed E-state index contributed by atoms with van der Waals surface area (Å²) in [6, 6.07) is 0. The lowest BCUT2D eigenvalue weighted by Gasteiger charge is -2.18. The molecule has 0 heterocycles. The van der Waals surface area contributed by atoms with Crippen LogP contribution in [0.25, 0.3) is 0 Å². The zero-order valence-electron chi connectivity index (χ0n) is 34.2. The Morgan fingerprint density at radius 1 is 0.491 bits per heavy atom. The van der Waals surface area contributed by atoms with E-state index in [1.165, 1.54) is 116 Å². The number of hydrogen-bond acceptors (Lipinski definition) is 6. The van der Waals surface area contributed by atoms with Gasteiger partial charge in [0.1, 0.15) is 6.61 Å². The Kier molecular flexibility index (Phi) is 38.6. The monoisotopic (exact) mass is 769 g/mol. The van der Waals surface area contributed by atoms with E-state index in [2.05, 4.69) is 54.8 Å². The molecule has 0 aromatic heterocycles. The van der Waals surface area contributed by atoms with Gasteiger partial charge in [-0.25, -0.2) is 4.57 Å². The van der Waals surface area contributed by atoms with Gasteiger partial charge in [-0.2, -0.15) is 0 Å². The van der Waals surface area contributed by atoms with Gasteiger partial charge in [-0.1, -0.05) is 166 Å². The Balaban J connectivity index is 3.85. The highest BCUT2D eigenvalue weighted by Crippen LogP contribution is 2.36. The summed E-state index contributed by atoms with van der Waals surface area (Å²) >= 11 is 0. The molecule has 0 spiro atoms. The molecule has 2 N–H and O–H groups in total. The van der Waals surface area contributed by atoms with E-state index in [1.54, 1.807) is 0 Å². The summed E-state index contributed by atoms with van der Waals surface area (Å²) in [6.07, 6.45) is 47.3. The zero-order valence-corrected chi connectivity index (χ0v) is 35.1. The molecule has 53 heavy (non-hydrogen) atoms. The number of carbonyl (C=O) groups excluding carboxylic acids is 2. The van der Waals surface area contributed by atoms with E-state index in [9.17, 15) is 14.2 Å². The number of esters is 2. The van der Waals surface area contributed by atoms with Gasteiger partial charge in [0, 0.05) is 12.8 Å². The van der Waals surface area contributed by atoms with E-state index < -0.39 is 32.5 Å². The van der Waals surface area contributed by atoms with Crippen molar-refractivity contribution < 1.29 is 37.9 Å². The molecule has 0 saturated carbocycles. The van der Waals surface area contributed by atoms with E-state index >= 15 is 0 Å². The van der Waals surface area contributed by atoms with Gasteiger partial charge in [0.05, 0.1) is 6.61 Å². The van der Waals surface area contributed by atoms with Crippen LogP contribution in [0.2, 0.25) is 0 Å². The normalized spacial score (nSPS) is 12.8. The van der Waals surface area contributed by atoms with Gasteiger partial charge in [0.25, 0.3) is 0 Å². The predicted octanol–water partition coefficient (Wildman–Crippen LogP) is 13.4. The third-order valence-electron chi connectivity index (χ3n) is 9.38. The Hall–Kier alpha value is -1.73. The number of allylic oxidation sites excluding steroid dienone is 6. The minimum Gasteiger partial charge on any atom is -0.462 e. The first-order valence-corrected chi connectivity index (χ1v) is 23.3. The average Bonchev–Trinajstić information content (AvgIpc) is 3.13. The molecule has 1 unspecified atom stereocenters. The van der Waals surface area contributed by atoms with Crippen molar-refractivity contribution in [2.24, 2.45) is 0 Å². The second-order valence-electron chi connectivity index (χ2n) is 14.7. The molecule has 8 nitrogen and oxygen atoms in total. The van der Waals surface area contributed by atoms with Gasteiger partial charge in [-0.3, -0.25) is 14.1 Å². The number of phosphoric ester groups is 1. The van der Waals surface area contributed by atoms with Gasteiger partial charge in [0.2, 0.25) is 0 Å². The summed E-state index contributed by atoms with van der Waals surface area (Å²) in [6.45, 7) is 3.65. The van der Waals surface area contributed by atoms with Crippen molar-refractivity contribution in [2.45, 2.75) is 219 Å². The summed E-state index contributed by atoms with van der Waals surface area (Å²) in [7, 11) is -4.75. The number of unbranched alkanes of at least 4 members (excludes halogenated alkanes) is 24. The molecule has 0 aromatic rings. The smallest absolute Gasteiger partial charge is 0.462 e. The first-order chi connectivity index (χ1) is 25.8. The quantitative estimate of drug-likeness (QED) is 0.0274. The van der Waals surface area contributed by atoms with Gasteiger partial charge in [-0.05, 0) is 70.6 Å². The van der Waals surface area contributed by atoms with Gasteiger partial charge < -0.3 is 19.3 Å². The fourth-order valence-electron chi connectivity index (χ4n) is 6.10. The van der Waals surface area contributed by atoms with Crippen LogP contribution < -0.4 is 0 Å². The predicted molar refractivity (Wildman–Crippen MR) is 221 cm³/mol. The summed E-state index contributed by atoms with van der Waals surface area (Å²) in [5, 5.41) is 0. The van der Waals surface area contributed by atoms with Gasteiger partial charge in [-0.15, -0.1) is 0 Å². The molecule has 0 aromatic carbocycles. The van der Waals surface area contributed by atoms with Gasteiger partial charge in [0.15, 0.2) is 6.10 Å². The summed E-state index contributed by atoms with van der Waals surface area (Å²) in [4.78, 5) is 42.8. The van der Waals surface area contributed by atoms with Crippen LogP contribution >= 0.6 is 7.82 Å². The molecule has 9 heteroatoms. The van der Waals surface area contributed by atoms with Crippen molar-refractivity contribution in [3.8, 4) is 0 Å². The number of phosphoric acid groups is 1. The number of rotatable bonds is 40. The van der Waals surface area contributed by atoms with Crippen molar-refractivity contribution in [1.82, 2.24) is 0 Å². The standard InChI is InChI=1S/C44H81O8P/c1-3-5-7-9-11-13-15-17-18-19-20-21-22-23-24-25-26-27-29-31-33-35-37-39-44(46)52-42(41-51-53(47,48)49)40-50-43(45)38-36-34-32-30-28-16-14-12-10-8-6-4-2/h12,14-15,17,19-20,42H,3-11,13,16,18,21-41H2,1-2H3,(H2,47,48,49)/b14-12-,17-15-,20-19-. The Morgan fingerprint density at radius 2 is 0.849 bits per heavy atom. The molecule has 310 valence electrons. The lowest BCUT2D eigenvalue weighted by atomic mass is 10.0. The third kappa shape index (κ3) is 42.9. The summed E-state index contributed by atoms with van der Waals surface area (Å²) in [5.41, 5.74) is 0. The van der Waals surface area contributed by atoms with E-state index in [1.807, 2.05) is 0 Å². The number of ether oxygens (including phenoxy) is 2. The van der Waals surface area contributed by atoms with Crippen LogP contribution in [-0.2, 0) is 28.2 Å². The highest BCUT2D eigenvalue weighted by atomic mass is 31.2. The van der Waals surface area contributed by atoms with Crippen LogP contribution in [0.1, 0.15) is 213 Å². The summed E-state index contributed by atoms with van der Waals surface area (Å²) < 4.78 is 26.4. The van der Waals surface area contributed by atoms with E-state index in [0.29, 0.717) is 12.8 Å². The molecular formula is C44H81O8P. The van der Waals surface area contributed by atoms with E-state index in [-0.39, 0.29) is 19.4 Å². The molecule has 0 amide bonds. The van der Waals surface area contributed by atoms with Crippen molar-refractivity contribution in [3.05, 3.63) is 36.5 Å². The fraction of sp³-hybridized carbons (Fsp3) is 0.818. The lowest BCUT2D eigenvalue weighted by molar-refractivity contribution is -0.161. The minimum absolute atomic E-state index is 0.208. The first-order valence-electron chi connectivity index (χ1n) is 21.8. The second kappa shape index (κ2) is 39.9. The van der Waals surface area contributed by atoms with Crippen LogP contribution in [0, 0.1) is 0 Å². The topological polar surface area (TPSA) is 119 Å². The number of carbonyl (C=O) groups is 2. The van der Waals surface area contributed by atoms with Crippen LogP contribution in [-0.4, -0.2) is 41.0 Å². The van der Waals surface area contributed by atoms with Crippen molar-refractivity contribution in [3.63, 3.8) is 0 Å². The zero-order chi connectivity index (χ0) is 38.9. The number of hydrogen-bond donors (Lipinski definition) is 2. The van der Waals surface area contributed by atoms with Gasteiger partial charge >= 0.3 is 19.8 Å². The van der Waals surface area contributed by atoms with Crippen LogP contribution in [0.4, 0.5) is 0 Å². The maximum atomic E-state index is 12.4. The molecule has 0 aliphatic rings. The Bertz CT molecular complexity index is 957. The SMILES string of the molecule is CCCCC/C=C\CCCCCCCC(=O)OCC(COP(=O)(O)O)OC(=O)CCCCCCCCCCCCC/C=C\C/C=C\CCCCCCC. The first kappa shape index (κ1) is 51.3. The average molecular weight is 769 g/mol.